The molecule has 38 heavy (non-hydrogen) atoms. The fourth-order valence-electron chi connectivity index (χ4n) is 8.12. The number of likely N-dealkylation sites (tertiary alicyclic amines) is 1. The molecule has 3 aliphatic carbocycles. The van der Waals surface area contributed by atoms with Crippen LogP contribution in [0, 0.1) is 5.92 Å². The van der Waals surface area contributed by atoms with Crippen LogP contribution in [0.2, 0.25) is 0 Å². The monoisotopic (exact) mass is 531 g/mol. The van der Waals surface area contributed by atoms with Crippen LogP contribution in [0.25, 0.3) is 0 Å². The lowest BCUT2D eigenvalue weighted by Crippen LogP contribution is -2.78. The molecule has 2 aliphatic heterocycles. The number of likely N-dealkylation sites (N-methyl/N-ethyl adjacent to an activating group) is 1. The number of amides is 1. The topological polar surface area (TPSA) is 85.6 Å². The van der Waals surface area contributed by atoms with Gasteiger partial charge in [-0.05, 0) is 92.5 Å². The first kappa shape index (κ1) is 24.3. The molecule has 0 radical (unpaired) electrons. The molecule has 3 fully saturated rings. The Morgan fingerprint density at radius 3 is 2.89 bits per heavy atom. The van der Waals surface area contributed by atoms with Crippen LogP contribution in [0.1, 0.15) is 48.8 Å². The second-order valence-corrected chi connectivity index (χ2v) is 12.1. The number of aliphatic imine (C=N–C) groups is 1. The van der Waals surface area contributed by atoms with Crippen molar-refractivity contribution in [2.24, 2.45) is 10.9 Å². The summed E-state index contributed by atoms with van der Waals surface area (Å²) in [7, 11) is 1.85. The third-order valence-corrected chi connectivity index (χ3v) is 10.2. The maximum absolute atomic E-state index is 13.6. The fraction of sp³-hybridized carbons (Fsp3) is 0.533. The van der Waals surface area contributed by atoms with Crippen molar-refractivity contribution in [3.63, 3.8) is 0 Å². The minimum Gasteiger partial charge on any atom is -0.504 e. The molecule has 2 aromatic rings. The number of hydrogen-bond acceptors (Lipinski definition) is 7. The summed E-state index contributed by atoms with van der Waals surface area (Å²) in [6.45, 7) is 1.94. The largest absolute Gasteiger partial charge is 0.504 e. The van der Waals surface area contributed by atoms with Crippen LogP contribution < -0.4 is 4.74 Å². The Bertz CT molecular complexity index is 1370. The number of rotatable bonds is 6. The molecule has 7 nitrogen and oxygen atoms in total. The lowest BCUT2D eigenvalue weighted by atomic mass is 9.48. The Morgan fingerprint density at radius 2 is 2.11 bits per heavy atom. The molecule has 0 aromatic heterocycles. The molecule has 5 aliphatic rings. The average molecular weight is 532 g/mol. The molecular formula is C30H33N3O4S. The zero-order chi connectivity index (χ0) is 26.2. The zero-order valence-electron chi connectivity index (χ0n) is 21.6. The smallest absolute Gasteiger partial charge is 0.227 e. The summed E-state index contributed by atoms with van der Waals surface area (Å²) in [6.07, 6.45) is 5.17. The van der Waals surface area contributed by atoms with Gasteiger partial charge in [0.15, 0.2) is 11.5 Å². The van der Waals surface area contributed by atoms with E-state index < -0.39 is 17.1 Å². The predicted molar refractivity (Wildman–Crippen MR) is 146 cm³/mol. The average Bonchev–Trinajstić information content (AvgIpc) is 3.64. The summed E-state index contributed by atoms with van der Waals surface area (Å²) in [5.41, 5.74) is 2.11. The van der Waals surface area contributed by atoms with Gasteiger partial charge in [0.2, 0.25) is 5.91 Å². The first-order chi connectivity index (χ1) is 18.4. The van der Waals surface area contributed by atoms with Crippen LogP contribution in [0.5, 0.6) is 11.5 Å². The van der Waals surface area contributed by atoms with E-state index in [2.05, 4.69) is 15.1 Å². The second-order valence-electron chi connectivity index (χ2n) is 12.0. The quantitative estimate of drug-likeness (QED) is 0.436. The molecule has 2 heterocycles. The maximum atomic E-state index is 13.6. The van der Waals surface area contributed by atoms with Crippen molar-refractivity contribution in [1.29, 1.82) is 0 Å². The standard InChI is InChI=1S/C30H33N3O4S/c1-32(25(35)14-19-3-2-4-21(13-19)31-17-38)22-9-10-30(36)24-15-20-7-8-23(34)27-26(20)29(30,28(22)37-27)11-12-33(24)16-18-5-6-18/h2-4,7-8,13,18,22,24,28,34,36H,5-6,9-12,14-16H2,1H3/t22-,24-,28+,29+,30-/m1/s1. The van der Waals surface area contributed by atoms with Crippen LogP contribution >= 0.6 is 12.2 Å². The van der Waals surface area contributed by atoms with Crippen molar-refractivity contribution in [3.05, 3.63) is 53.1 Å². The van der Waals surface area contributed by atoms with Crippen molar-refractivity contribution in [2.75, 3.05) is 20.1 Å². The minimum atomic E-state index is -0.954. The number of thiocarbonyl (C=S) groups is 1. The highest BCUT2D eigenvalue weighted by molar-refractivity contribution is 7.78. The summed E-state index contributed by atoms with van der Waals surface area (Å²) in [5.74, 6) is 1.37. The summed E-state index contributed by atoms with van der Waals surface area (Å²) in [5, 5.41) is 25.9. The maximum Gasteiger partial charge on any atom is 0.227 e. The van der Waals surface area contributed by atoms with Crippen molar-refractivity contribution in [3.8, 4) is 11.5 Å². The Hall–Kier alpha value is -2.77. The van der Waals surface area contributed by atoms with E-state index in [1.807, 2.05) is 42.3 Å². The van der Waals surface area contributed by atoms with E-state index >= 15 is 0 Å². The van der Waals surface area contributed by atoms with E-state index in [1.165, 1.54) is 18.4 Å². The Labute approximate surface area is 228 Å². The number of carbonyl (C=O) groups excluding carboxylic acids is 1. The number of phenolic OH excluding ortho intramolecular Hbond substituents is 1. The summed E-state index contributed by atoms with van der Waals surface area (Å²) >= 11 is 4.73. The third kappa shape index (κ3) is 3.37. The highest BCUT2D eigenvalue weighted by atomic mass is 32.1. The van der Waals surface area contributed by atoms with Crippen molar-refractivity contribution in [2.45, 2.75) is 74.1 Å². The number of isothiocyanates is 1. The number of aliphatic hydroxyl groups is 1. The molecule has 1 amide bonds. The minimum absolute atomic E-state index is 0.0112. The number of carbonyl (C=O) groups is 1. The van der Waals surface area contributed by atoms with Gasteiger partial charge in [0, 0.05) is 25.2 Å². The first-order valence-electron chi connectivity index (χ1n) is 13.8. The number of phenols is 1. The Morgan fingerprint density at radius 1 is 1.26 bits per heavy atom. The van der Waals surface area contributed by atoms with Crippen LogP contribution in [0.15, 0.2) is 41.4 Å². The molecular weight excluding hydrogens is 498 g/mol. The van der Waals surface area contributed by atoms with Gasteiger partial charge in [0.1, 0.15) is 6.10 Å². The van der Waals surface area contributed by atoms with Gasteiger partial charge < -0.3 is 19.8 Å². The van der Waals surface area contributed by atoms with Crippen LogP contribution in [0.4, 0.5) is 5.69 Å². The molecule has 8 heteroatoms. The summed E-state index contributed by atoms with van der Waals surface area (Å²) in [6, 6.07) is 11.0. The van der Waals surface area contributed by atoms with E-state index in [0.29, 0.717) is 24.3 Å². The van der Waals surface area contributed by atoms with Crippen LogP contribution in [-0.4, -0.2) is 75.0 Å². The van der Waals surface area contributed by atoms with E-state index in [-0.39, 0.29) is 30.2 Å². The number of aromatic hydroxyl groups is 1. The van der Waals surface area contributed by atoms with E-state index in [9.17, 15) is 15.0 Å². The SMILES string of the molecule is CN(C(=O)Cc1cccc(N=C=S)c1)[C@@H]1CC[C@@]2(O)[C@H]3Cc4ccc(O)c5c4[C@@]2(CCN3CC2CC2)[C@H]1O5. The highest BCUT2D eigenvalue weighted by Crippen LogP contribution is 2.66. The molecule has 1 saturated heterocycles. The zero-order valence-corrected chi connectivity index (χ0v) is 22.4. The van der Waals surface area contributed by atoms with Gasteiger partial charge in [-0.1, -0.05) is 18.2 Å². The van der Waals surface area contributed by atoms with Crippen molar-refractivity contribution < 1.29 is 19.7 Å². The highest BCUT2D eigenvalue weighted by Gasteiger charge is 2.73. The van der Waals surface area contributed by atoms with E-state index in [4.69, 9.17) is 17.0 Å². The first-order valence-corrected chi connectivity index (χ1v) is 14.2. The van der Waals surface area contributed by atoms with Crippen LogP contribution in [0.3, 0.4) is 0 Å². The molecule has 2 N–H and O–H groups in total. The normalized spacial score (nSPS) is 32.6. The Balaban J connectivity index is 1.24. The van der Waals surface area contributed by atoms with Gasteiger partial charge in [0.05, 0.1) is 34.3 Å². The van der Waals surface area contributed by atoms with Gasteiger partial charge in [0.25, 0.3) is 0 Å². The van der Waals surface area contributed by atoms with Crippen molar-refractivity contribution in [1.82, 2.24) is 9.80 Å². The summed E-state index contributed by atoms with van der Waals surface area (Å²) in [4.78, 5) is 22.0. The molecule has 5 atom stereocenters. The van der Waals surface area contributed by atoms with Gasteiger partial charge in [-0.15, -0.1) is 0 Å². The predicted octanol–water partition coefficient (Wildman–Crippen LogP) is 3.76. The molecule has 2 bridgehead atoms. The lowest BCUT2D eigenvalue weighted by molar-refractivity contribution is -0.200. The van der Waals surface area contributed by atoms with Crippen molar-refractivity contribution >= 4 is 29.0 Å². The van der Waals surface area contributed by atoms with Crippen LogP contribution in [-0.2, 0) is 23.1 Å². The van der Waals surface area contributed by atoms with Gasteiger partial charge in [-0.3, -0.25) is 9.69 Å². The molecule has 2 saturated carbocycles. The van der Waals surface area contributed by atoms with Gasteiger partial charge in [-0.25, -0.2) is 0 Å². The molecule has 7 rings (SSSR count). The molecule has 198 valence electrons. The number of hydrogen-bond donors (Lipinski definition) is 2. The van der Waals surface area contributed by atoms with E-state index in [1.54, 1.807) is 6.07 Å². The number of piperidine rings is 1. The van der Waals surface area contributed by atoms with E-state index in [0.717, 1.165) is 43.0 Å². The third-order valence-electron chi connectivity index (χ3n) is 10.1. The summed E-state index contributed by atoms with van der Waals surface area (Å²) < 4.78 is 6.63. The molecule has 1 spiro atoms. The number of nitrogens with zero attached hydrogens (tertiary/aromatic N) is 3. The fourth-order valence-corrected chi connectivity index (χ4v) is 8.23. The second kappa shape index (κ2) is 8.62. The van der Waals surface area contributed by atoms with Gasteiger partial charge in [-0.2, -0.15) is 4.99 Å². The number of ether oxygens (including phenoxy) is 1. The number of benzene rings is 2. The molecule has 2 aromatic carbocycles. The van der Waals surface area contributed by atoms with Gasteiger partial charge >= 0.3 is 0 Å². The lowest BCUT2D eigenvalue weighted by Gasteiger charge is -2.64. The Kier molecular flexibility index (Phi) is 5.51. The molecule has 0 unspecified atom stereocenters.